The number of aliphatic hydroxyl groups is 1. The highest BCUT2D eigenvalue weighted by Crippen LogP contribution is 2.24. The highest BCUT2D eigenvalue weighted by molar-refractivity contribution is 5.47. The molecule has 1 rings (SSSR count). The Labute approximate surface area is 78.1 Å². The molecule has 0 unspecified atom stereocenters. The lowest BCUT2D eigenvalue weighted by atomic mass is 10.3. The summed E-state index contributed by atoms with van der Waals surface area (Å²) in [7, 11) is 0. The zero-order valence-corrected chi connectivity index (χ0v) is 7.01. The molecule has 0 fully saturated rings. The highest BCUT2D eigenvalue weighted by atomic mass is 19.4. The molecule has 0 aliphatic rings. The van der Waals surface area contributed by atoms with E-state index in [1.165, 1.54) is 18.2 Å². The van der Waals surface area contributed by atoms with Crippen LogP contribution in [-0.4, -0.2) is 18.2 Å². The van der Waals surface area contributed by atoms with Crippen LogP contribution in [0.25, 0.3) is 0 Å². The molecule has 0 amide bonds. The van der Waals surface area contributed by atoms with E-state index >= 15 is 0 Å². The Kier molecular flexibility index (Phi) is 3.19. The number of halogens is 3. The van der Waals surface area contributed by atoms with Gasteiger partial charge in [0.1, 0.15) is 12.5 Å². The van der Waals surface area contributed by atoms with Crippen LogP contribution in [0.1, 0.15) is 0 Å². The fourth-order valence-electron chi connectivity index (χ4n) is 0.894. The van der Waals surface area contributed by atoms with E-state index in [-0.39, 0.29) is 12.5 Å². The van der Waals surface area contributed by atoms with Crippen LogP contribution in [0.5, 0.6) is 5.75 Å². The summed E-state index contributed by atoms with van der Waals surface area (Å²) in [6, 6.07) is 5.22. The van der Waals surface area contributed by atoms with Crippen LogP contribution >= 0.6 is 0 Å². The molecule has 14 heavy (non-hydrogen) atoms. The van der Waals surface area contributed by atoms with Gasteiger partial charge in [0.25, 0.3) is 0 Å². The summed E-state index contributed by atoms with van der Waals surface area (Å²) in [5.41, 5.74) is 0.356. The summed E-state index contributed by atoms with van der Waals surface area (Å²) in [5.74, 6) is -0.323. The van der Waals surface area contributed by atoms with Gasteiger partial charge in [-0.1, -0.05) is 6.07 Å². The predicted octanol–water partition coefficient (Wildman–Crippen LogP) is 1.95. The van der Waals surface area contributed by atoms with Crippen molar-refractivity contribution in [2.45, 2.75) is 6.36 Å². The average Bonchev–Trinajstić information content (AvgIpc) is 2.02. The van der Waals surface area contributed by atoms with Crippen molar-refractivity contribution in [3.63, 3.8) is 0 Å². The molecule has 6 heteroatoms. The third kappa shape index (κ3) is 3.53. The van der Waals surface area contributed by atoms with Crippen LogP contribution in [0.3, 0.4) is 0 Å². The van der Waals surface area contributed by atoms with Gasteiger partial charge in [0.15, 0.2) is 0 Å². The standard InChI is InChI=1S/C8H8F3NO2/c9-8(10,11)14-7-3-1-2-6(4-7)12-5-13/h1-4,12-13H,5H2. The van der Waals surface area contributed by atoms with Crippen LogP contribution in [0.2, 0.25) is 0 Å². The zero-order valence-electron chi connectivity index (χ0n) is 7.01. The minimum absolute atomic E-state index is 0.323. The molecule has 0 aliphatic heterocycles. The van der Waals surface area contributed by atoms with Crippen molar-refractivity contribution >= 4 is 5.69 Å². The first-order valence-corrected chi connectivity index (χ1v) is 3.72. The van der Waals surface area contributed by atoms with Crippen molar-refractivity contribution in [3.8, 4) is 5.75 Å². The second-order valence-electron chi connectivity index (χ2n) is 2.41. The Bertz CT molecular complexity index is 301. The number of alkyl halides is 3. The lowest BCUT2D eigenvalue weighted by molar-refractivity contribution is -0.274. The summed E-state index contributed by atoms with van der Waals surface area (Å²) < 4.78 is 39.0. The molecule has 2 N–H and O–H groups in total. The molecule has 0 aromatic heterocycles. The summed E-state index contributed by atoms with van der Waals surface area (Å²) in [5, 5.41) is 10.9. The molecule has 0 saturated carbocycles. The van der Waals surface area contributed by atoms with Crippen LogP contribution in [-0.2, 0) is 0 Å². The number of nitrogens with one attached hydrogen (secondary N) is 1. The Morgan fingerprint density at radius 3 is 2.64 bits per heavy atom. The smallest absolute Gasteiger partial charge is 0.406 e. The molecule has 0 spiro atoms. The van der Waals surface area contributed by atoms with E-state index in [9.17, 15) is 13.2 Å². The van der Waals surface area contributed by atoms with E-state index in [0.717, 1.165) is 6.07 Å². The molecular weight excluding hydrogens is 199 g/mol. The van der Waals surface area contributed by atoms with Gasteiger partial charge < -0.3 is 15.2 Å². The Balaban J connectivity index is 2.73. The molecule has 0 saturated heterocycles. The van der Waals surface area contributed by atoms with Gasteiger partial charge in [-0.25, -0.2) is 0 Å². The van der Waals surface area contributed by atoms with Gasteiger partial charge in [-0.15, -0.1) is 13.2 Å². The SMILES string of the molecule is OCNc1cccc(OC(F)(F)F)c1. The molecule has 0 heterocycles. The van der Waals surface area contributed by atoms with Gasteiger partial charge >= 0.3 is 6.36 Å². The van der Waals surface area contributed by atoms with Crippen LogP contribution in [0.15, 0.2) is 24.3 Å². The van der Waals surface area contributed by atoms with E-state index in [0.29, 0.717) is 5.69 Å². The normalized spacial score (nSPS) is 11.1. The van der Waals surface area contributed by atoms with Crippen molar-refractivity contribution in [1.29, 1.82) is 0 Å². The second kappa shape index (κ2) is 4.19. The van der Waals surface area contributed by atoms with Gasteiger partial charge in [-0.2, -0.15) is 0 Å². The molecule has 0 atom stereocenters. The van der Waals surface area contributed by atoms with Crippen LogP contribution in [0.4, 0.5) is 18.9 Å². The summed E-state index contributed by atoms with van der Waals surface area (Å²) in [4.78, 5) is 0. The quantitative estimate of drug-likeness (QED) is 0.744. The predicted molar refractivity (Wildman–Crippen MR) is 43.8 cm³/mol. The van der Waals surface area contributed by atoms with Gasteiger partial charge in [0.2, 0.25) is 0 Å². The maximum Gasteiger partial charge on any atom is 0.573 e. The number of ether oxygens (including phenoxy) is 1. The van der Waals surface area contributed by atoms with Crippen molar-refractivity contribution in [1.82, 2.24) is 0 Å². The van der Waals surface area contributed by atoms with E-state index in [1.54, 1.807) is 0 Å². The van der Waals surface area contributed by atoms with Gasteiger partial charge in [0, 0.05) is 11.8 Å². The highest BCUT2D eigenvalue weighted by Gasteiger charge is 2.31. The number of rotatable bonds is 3. The first kappa shape index (κ1) is 10.6. The van der Waals surface area contributed by atoms with Gasteiger partial charge in [-0.3, -0.25) is 0 Å². The third-order valence-corrected chi connectivity index (χ3v) is 1.35. The van der Waals surface area contributed by atoms with Gasteiger partial charge in [-0.05, 0) is 12.1 Å². The molecule has 1 aromatic rings. The van der Waals surface area contributed by atoms with E-state index < -0.39 is 6.36 Å². The molecular formula is C8H8F3NO2. The lowest BCUT2D eigenvalue weighted by Crippen LogP contribution is -2.17. The third-order valence-electron chi connectivity index (χ3n) is 1.35. The lowest BCUT2D eigenvalue weighted by Gasteiger charge is -2.10. The minimum atomic E-state index is -4.70. The van der Waals surface area contributed by atoms with Crippen molar-refractivity contribution in [2.75, 3.05) is 12.0 Å². The Morgan fingerprint density at radius 1 is 1.36 bits per heavy atom. The first-order valence-electron chi connectivity index (χ1n) is 3.72. The minimum Gasteiger partial charge on any atom is -0.406 e. The number of aliphatic hydroxyl groups excluding tert-OH is 1. The average molecular weight is 207 g/mol. The fraction of sp³-hybridized carbons (Fsp3) is 0.250. The monoisotopic (exact) mass is 207 g/mol. The number of hydrogen-bond acceptors (Lipinski definition) is 3. The van der Waals surface area contributed by atoms with Crippen molar-refractivity contribution in [2.24, 2.45) is 0 Å². The molecule has 0 aliphatic carbocycles. The Morgan fingerprint density at radius 2 is 2.07 bits per heavy atom. The second-order valence-corrected chi connectivity index (χ2v) is 2.41. The number of hydrogen-bond donors (Lipinski definition) is 2. The maximum atomic E-state index is 11.8. The maximum absolute atomic E-state index is 11.8. The molecule has 0 bridgehead atoms. The molecule has 78 valence electrons. The van der Waals surface area contributed by atoms with E-state index in [4.69, 9.17) is 5.11 Å². The largest absolute Gasteiger partial charge is 0.573 e. The summed E-state index contributed by atoms with van der Waals surface area (Å²) in [6.07, 6.45) is -4.70. The van der Waals surface area contributed by atoms with Crippen LogP contribution in [0, 0.1) is 0 Å². The number of anilines is 1. The number of benzene rings is 1. The fourth-order valence-corrected chi connectivity index (χ4v) is 0.894. The van der Waals surface area contributed by atoms with Crippen molar-refractivity contribution in [3.05, 3.63) is 24.3 Å². The van der Waals surface area contributed by atoms with E-state index in [2.05, 4.69) is 10.1 Å². The first-order chi connectivity index (χ1) is 6.51. The Hall–Kier alpha value is -1.43. The van der Waals surface area contributed by atoms with Crippen molar-refractivity contribution < 1.29 is 23.0 Å². The summed E-state index contributed by atoms with van der Waals surface area (Å²) in [6.45, 7) is -0.352. The van der Waals surface area contributed by atoms with Gasteiger partial charge in [0.05, 0.1) is 0 Å². The zero-order chi connectivity index (χ0) is 10.6. The summed E-state index contributed by atoms with van der Waals surface area (Å²) >= 11 is 0. The van der Waals surface area contributed by atoms with E-state index in [1.807, 2.05) is 0 Å². The topological polar surface area (TPSA) is 41.5 Å². The molecule has 0 radical (unpaired) electrons. The van der Waals surface area contributed by atoms with Crippen LogP contribution < -0.4 is 10.1 Å². The molecule has 1 aromatic carbocycles. The molecule has 3 nitrogen and oxygen atoms in total.